The molecule has 0 bridgehead atoms. The van der Waals surface area contributed by atoms with Crippen LogP contribution in [0.3, 0.4) is 0 Å². The second-order valence-corrected chi connectivity index (χ2v) is 8.37. The van der Waals surface area contributed by atoms with Gasteiger partial charge in [0, 0.05) is 11.4 Å². The van der Waals surface area contributed by atoms with Crippen molar-refractivity contribution in [3.8, 4) is 0 Å². The number of nitrogens with one attached hydrogen (secondary N) is 2. The first kappa shape index (κ1) is 22.0. The van der Waals surface area contributed by atoms with E-state index >= 15 is 0 Å². The van der Waals surface area contributed by atoms with Crippen LogP contribution in [0.25, 0.3) is 0 Å². The number of nitrogens with zero attached hydrogens (tertiary/aromatic N) is 2. The van der Waals surface area contributed by atoms with Crippen LogP contribution < -0.4 is 10.6 Å². The Morgan fingerprint density at radius 3 is 2.23 bits per heavy atom. The van der Waals surface area contributed by atoms with Crippen molar-refractivity contribution < 1.29 is 4.74 Å². The van der Waals surface area contributed by atoms with Crippen molar-refractivity contribution in [1.29, 1.82) is 0 Å². The first-order valence-electron chi connectivity index (χ1n) is 10.3. The van der Waals surface area contributed by atoms with Gasteiger partial charge in [-0.2, -0.15) is 0 Å². The number of aliphatic imine (C=N–C) groups is 1. The molecular formula is C24H30N4OS. The van der Waals surface area contributed by atoms with E-state index in [1.807, 2.05) is 25.1 Å². The normalized spacial score (nSPS) is 11.5. The smallest absolute Gasteiger partial charge is 0.191 e. The maximum absolute atomic E-state index is 5.81. The van der Waals surface area contributed by atoms with Gasteiger partial charge in [0.05, 0.1) is 37.0 Å². The van der Waals surface area contributed by atoms with E-state index in [0.717, 1.165) is 29.8 Å². The number of guanidine groups is 1. The molecule has 3 rings (SSSR count). The summed E-state index contributed by atoms with van der Waals surface area (Å²) in [4.78, 5) is 10.4. The summed E-state index contributed by atoms with van der Waals surface area (Å²) in [6.07, 6.45) is 0. The topological polar surface area (TPSA) is 58.5 Å². The maximum atomic E-state index is 5.81. The molecule has 0 unspecified atom stereocenters. The summed E-state index contributed by atoms with van der Waals surface area (Å²) in [5.74, 6) is 0.818. The Labute approximate surface area is 183 Å². The van der Waals surface area contributed by atoms with E-state index < -0.39 is 0 Å². The number of hydrogen-bond donors (Lipinski definition) is 2. The molecule has 0 fully saturated rings. The highest BCUT2D eigenvalue weighted by Crippen LogP contribution is 2.16. The third-order valence-corrected chi connectivity index (χ3v) is 5.66. The van der Waals surface area contributed by atoms with Crippen molar-refractivity contribution in [2.24, 2.45) is 4.99 Å². The van der Waals surface area contributed by atoms with E-state index in [1.165, 1.54) is 21.6 Å². The van der Waals surface area contributed by atoms with E-state index in [4.69, 9.17) is 9.73 Å². The zero-order valence-corrected chi connectivity index (χ0v) is 18.8. The molecule has 158 valence electrons. The molecule has 0 aliphatic carbocycles. The van der Waals surface area contributed by atoms with Crippen LogP contribution in [0.5, 0.6) is 0 Å². The van der Waals surface area contributed by atoms with Gasteiger partial charge in [-0.05, 0) is 37.5 Å². The van der Waals surface area contributed by atoms with Crippen molar-refractivity contribution >= 4 is 17.3 Å². The molecule has 0 saturated carbocycles. The Bertz CT molecular complexity index is 936. The lowest BCUT2D eigenvalue weighted by Gasteiger charge is -2.11. The molecule has 3 aromatic rings. The summed E-state index contributed by atoms with van der Waals surface area (Å²) >= 11 is 1.73. The van der Waals surface area contributed by atoms with E-state index in [0.29, 0.717) is 19.8 Å². The van der Waals surface area contributed by atoms with Crippen LogP contribution in [0.1, 0.15) is 39.2 Å². The fraction of sp³-hybridized carbons (Fsp3) is 0.333. The average Bonchev–Trinajstić information content (AvgIpc) is 3.08. The fourth-order valence-electron chi connectivity index (χ4n) is 3.02. The first-order chi connectivity index (χ1) is 14.6. The summed E-state index contributed by atoms with van der Waals surface area (Å²) in [5, 5.41) is 7.81. The maximum Gasteiger partial charge on any atom is 0.191 e. The number of thiazole rings is 1. The first-order valence-corrected chi connectivity index (χ1v) is 11.1. The number of benzene rings is 2. The van der Waals surface area contributed by atoms with Gasteiger partial charge < -0.3 is 15.4 Å². The van der Waals surface area contributed by atoms with Crippen molar-refractivity contribution in [2.45, 2.75) is 47.1 Å². The molecule has 30 heavy (non-hydrogen) atoms. The standard InChI is InChI=1S/C24H30N4OS/c1-4-25-24(27-15-23-18(2)28-19(3)30-23)26-14-20-10-12-22(13-11-20)17-29-16-21-8-6-5-7-9-21/h5-13H,4,14-17H2,1-3H3,(H2,25,26,27). The fourth-order valence-corrected chi connectivity index (χ4v) is 3.89. The van der Waals surface area contributed by atoms with Crippen LogP contribution in [0.4, 0.5) is 0 Å². The van der Waals surface area contributed by atoms with E-state index in [9.17, 15) is 0 Å². The minimum absolute atomic E-state index is 0.607. The van der Waals surface area contributed by atoms with Gasteiger partial charge in [-0.15, -0.1) is 11.3 Å². The number of hydrogen-bond acceptors (Lipinski definition) is 4. The summed E-state index contributed by atoms with van der Waals surface area (Å²) < 4.78 is 5.81. The lowest BCUT2D eigenvalue weighted by atomic mass is 10.1. The molecule has 0 aliphatic heterocycles. The second-order valence-electron chi connectivity index (χ2n) is 7.09. The third kappa shape index (κ3) is 6.97. The number of aromatic nitrogens is 1. The van der Waals surface area contributed by atoms with Crippen LogP contribution >= 0.6 is 11.3 Å². The van der Waals surface area contributed by atoms with Gasteiger partial charge in [0.25, 0.3) is 0 Å². The molecule has 6 heteroatoms. The predicted molar refractivity (Wildman–Crippen MR) is 125 cm³/mol. The third-order valence-electron chi connectivity index (χ3n) is 4.58. The highest BCUT2D eigenvalue weighted by molar-refractivity contribution is 7.11. The summed E-state index contributed by atoms with van der Waals surface area (Å²) in [5.41, 5.74) is 4.62. The minimum atomic E-state index is 0.607. The summed E-state index contributed by atoms with van der Waals surface area (Å²) in [7, 11) is 0. The zero-order valence-electron chi connectivity index (χ0n) is 17.9. The Morgan fingerprint density at radius 1 is 0.933 bits per heavy atom. The SMILES string of the molecule is CCNC(=NCc1ccc(COCc2ccccc2)cc1)NCc1sc(C)nc1C. The number of rotatable bonds is 9. The Morgan fingerprint density at radius 2 is 1.60 bits per heavy atom. The van der Waals surface area contributed by atoms with E-state index in [1.54, 1.807) is 11.3 Å². The van der Waals surface area contributed by atoms with Gasteiger partial charge >= 0.3 is 0 Å². The highest BCUT2D eigenvalue weighted by atomic mass is 32.1. The van der Waals surface area contributed by atoms with Gasteiger partial charge in [0.15, 0.2) is 5.96 Å². The van der Waals surface area contributed by atoms with Gasteiger partial charge in [0.1, 0.15) is 0 Å². The van der Waals surface area contributed by atoms with Crippen LogP contribution in [-0.2, 0) is 31.0 Å². The van der Waals surface area contributed by atoms with E-state index in [-0.39, 0.29) is 0 Å². The Balaban J connectivity index is 1.49. The minimum Gasteiger partial charge on any atom is -0.372 e. The van der Waals surface area contributed by atoms with Gasteiger partial charge in [-0.1, -0.05) is 54.6 Å². The van der Waals surface area contributed by atoms with Crippen molar-refractivity contribution in [1.82, 2.24) is 15.6 Å². The van der Waals surface area contributed by atoms with Gasteiger partial charge in [-0.25, -0.2) is 9.98 Å². The van der Waals surface area contributed by atoms with Crippen molar-refractivity contribution in [2.75, 3.05) is 6.54 Å². The van der Waals surface area contributed by atoms with Gasteiger partial charge in [0.2, 0.25) is 0 Å². The Kier molecular flexibility index (Phi) is 8.41. The van der Waals surface area contributed by atoms with Crippen LogP contribution in [0, 0.1) is 13.8 Å². The highest BCUT2D eigenvalue weighted by Gasteiger charge is 2.06. The molecule has 0 aliphatic rings. The molecule has 1 aromatic heterocycles. The van der Waals surface area contributed by atoms with E-state index in [2.05, 4.69) is 65.9 Å². The van der Waals surface area contributed by atoms with Crippen LogP contribution in [0.15, 0.2) is 59.6 Å². The van der Waals surface area contributed by atoms with Crippen molar-refractivity contribution in [3.63, 3.8) is 0 Å². The second kappa shape index (κ2) is 11.5. The lowest BCUT2D eigenvalue weighted by molar-refractivity contribution is 0.107. The number of ether oxygens (including phenoxy) is 1. The molecule has 1 heterocycles. The Hall–Kier alpha value is -2.70. The lowest BCUT2D eigenvalue weighted by Crippen LogP contribution is -2.36. The molecule has 0 spiro atoms. The molecular weight excluding hydrogens is 392 g/mol. The van der Waals surface area contributed by atoms with Crippen molar-refractivity contribution in [3.05, 3.63) is 86.9 Å². The van der Waals surface area contributed by atoms with Crippen LogP contribution in [0.2, 0.25) is 0 Å². The summed E-state index contributed by atoms with van der Waals surface area (Å²) in [6.45, 7) is 9.59. The quantitative estimate of drug-likeness (QED) is 0.387. The molecule has 0 saturated heterocycles. The molecule has 2 aromatic carbocycles. The largest absolute Gasteiger partial charge is 0.372 e. The predicted octanol–water partition coefficient (Wildman–Crippen LogP) is 4.73. The molecule has 2 N–H and O–H groups in total. The monoisotopic (exact) mass is 422 g/mol. The average molecular weight is 423 g/mol. The summed E-state index contributed by atoms with van der Waals surface area (Å²) in [6, 6.07) is 18.7. The molecule has 0 radical (unpaired) electrons. The van der Waals surface area contributed by atoms with Crippen LogP contribution in [-0.4, -0.2) is 17.5 Å². The zero-order chi connectivity index (χ0) is 21.2. The molecule has 5 nitrogen and oxygen atoms in total. The molecule has 0 atom stereocenters. The van der Waals surface area contributed by atoms with Gasteiger partial charge in [-0.3, -0.25) is 0 Å². The number of aryl methyl sites for hydroxylation is 2. The molecule has 0 amide bonds.